The molecule has 82 valence electrons. The summed E-state index contributed by atoms with van der Waals surface area (Å²) in [6.45, 7) is 1.10. The second-order valence-electron chi connectivity index (χ2n) is 4.81. The molecule has 0 spiro atoms. The van der Waals surface area contributed by atoms with Crippen molar-refractivity contribution in [1.29, 1.82) is 5.26 Å². The molecule has 3 rings (SSSR count). The predicted molar refractivity (Wildman–Crippen MR) is 64.2 cm³/mol. The van der Waals surface area contributed by atoms with Crippen molar-refractivity contribution in [2.45, 2.75) is 31.7 Å². The second kappa shape index (κ2) is 3.83. The second-order valence-corrected chi connectivity index (χ2v) is 4.81. The van der Waals surface area contributed by atoms with Crippen LogP contribution in [0.15, 0.2) is 24.3 Å². The van der Waals surface area contributed by atoms with E-state index in [9.17, 15) is 0 Å². The van der Waals surface area contributed by atoms with Crippen LogP contribution in [-0.2, 0) is 6.42 Å². The van der Waals surface area contributed by atoms with Gasteiger partial charge >= 0.3 is 0 Å². The number of rotatable bonds is 1. The van der Waals surface area contributed by atoms with E-state index in [1.807, 2.05) is 0 Å². The maximum Gasteiger partial charge on any atom is 0.0677 e. The van der Waals surface area contributed by atoms with Crippen LogP contribution in [0.1, 0.15) is 24.8 Å². The topological polar surface area (TPSA) is 27.0 Å². The molecule has 2 nitrogen and oxygen atoms in total. The van der Waals surface area contributed by atoms with Gasteiger partial charge in [0.1, 0.15) is 0 Å². The van der Waals surface area contributed by atoms with Crippen LogP contribution in [0.3, 0.4) is 0 Å². The molecule has 1 aromatic rings. The summed E-state index contributed by atoms with van der Waals surface area (Å²) in [5.74, 6) is 0.242. The van der Waals surface area contributed by atoms with Gasteiger partial charge in [-0.1, -0.05) is 18.2 Å². The Morgan fingerprint density at radius 3 is 3.00 bits per heavy atom. The van der Waals surface area contributed by atoms with Crippen LogP contribution < -0.4 is 4.90 Å². The Kier molecular flexibility index (Phi) is 2.32. The summed E-state index contributed by atoms with van der Waals surface area (Å²) >= 11 is 0. The molecule has 1 fully saturated rings. The van der Waals surface area contributed by atoms with Gasteiger partial charge in [0.25, 0.3) is 0 Å². The largest absolute Gasteiger partial charge is 0.367 e. The lowest BCUT2D eigenvalue weighted by atomic mass is 10.0. The molecule has 1 saturated carbocycles. The van der Waals surface area contributed by atoms with E-state index in [1.54, 1.807) is 0 Å². The van der Waals surface area contributed by atoms with Gasteiger partial charge in [0, 0.05) is 18.3 Å². The van der Waals surface area contributed by atoms with E-state index >= 15 is 0 Å². The van der Waals surface area contributed by atoms with Crippen molar-refractivity contribution in [3.63, 3.8) is 0 Å². The van der Waals surface area contributed by atoms with E-state index < -0.39 is 0 Å². The molecule has 2 atom stereocenters. The zero-order chi connectivity index (χ0) is 11.0. The highest BCUT2D eigenvalue weighted by Gasteiger charge is 2.34. The molecule has 2 heteroatoms. The van der Waals surface area contributed by atoms with Gasteiger partial charge < -0.3 is 4.90 Å². The molecular formula is C14H16N2. The molecular weight excluding hydrogens is 196 g/mol. The standard InChI is InChI=1S/C14H16N2/c15-10-12-5-3-7-14(12)16-9-8-11-4-1-2-6-13(11)16/h1-2,4,6,12,14H,3,5,7-9H2. The number of benzene rings is 1. The number of anilines is 1. The van der Waals surface area contributed by atoms with Crippen molar-refractivity contribution in [2.75, 3.05) is 11.4 Å². The maximum atomic E-state index is 9.17. The van der Waals surface area contributed by atoms with Crippen LogP contribution in [0.5, 0.6) is 0 Å². The molecule has 0 aromatic heterocycles. The number of hydrogen-bond donors (Lipinski definition) is 0. The smallest absolute Gasteiger partial charge is 0.0677 e. The number of fused-ring (bicyclic) bond motifs is 1. The van der Waals surface area contributed by atoms with Crippen molar-refractivity contribution in [2.24, 2.45) is 5.92 Å². The molecule has 0 radical (unpaired) electrons. The lowest BCUT2D eigenvalue weighted by molar-refractivity contribution is 0.545. The highest BCUT2D eigenvalue weighted by molar-refractivity contribution is 5.59. The highest BCUT2D eigenvalue weighted by atomic mass is 15.2. The average Bonchev–Trinajstić information content (AvgIpc) is 2.94. The fraction of sp³-hybridized carbons (Fsp3) is 0.500. The van der Waals surface area contributed by atoms with E-state index in [1.165, 1.54) is 24.1 Å². The Morgan fingerprint density at radius 1 is 1.25 bits per heavy atom. The Morgan fingerprint density at radius 2 is 2.12 bits per heavy atom. The quantitative estimate of drug-likeness (QED) is 0.715. The zero-order valence-corrected chi connectivity index (χ0v) is 9.39. The molecule has 2 unspecified atom stereocenters. The first-order valence-electron chi connectivity index (χ1n) is 6.14. The van der Waals surface area contributed by atoms with Crippen LogP contribution in [0.25, 0.3) is 0 Å². The first kappa shape index (κ1) is 9.72. The Bertz CT molecular complexity index is 433. The van der Waals surface area contributed by atoms with Crippen LogP contribution >= 0.6 is 0 Å². The predicted octanol–water partition coefficient (Wildman–Crippen LogP) is 2.74. The molecule has 0 saturated heterocycles. The van der Waals surface area contributed by atoms with Crippen LogP contribution in [-0.4, -0.2) is 12.6 Å². The molecule has 1 aliphatic heterocycles. The third-order valence-corrected chi connectivity index (χ3v) is 3.97. The van der Waals surface area contributed by atoms with Gasteiger partial charge in [0.2, 0.25) is 0 Å². The average molecular weight is 212 g/mol. The first-order valence-corrected chi connectivity index (χ1v) is 6.14. The highest BCUT2D eigenvalue weighted by Crippen LogP contribution is 2.37. The van der Waals surface area contributed by atoms with Gasteiger partial charge in [-0.05, 0) is 37.3 Å². The van der Waals surface area contributed by atoms with Crippen molar-refractivity contribution in [1.82, 2.24) is 0 Å². The van der Waals surface area contributed by atoms with E-state index in [-0.39, 0.29) is 5.92 Å². The van der Waals surface area contributed by atoms with Crippen LogP contribution in [0.2, 0.25) is 0 Å². The molecule has 1 aromatic carbocycles. The van der Waals surface area contributed by atoms with Gasteiger partial charge in [-0.3, -0.25) is 0 Å². The normalized spacial score (nSPS) is 27.8. The molecule has 16 heavy (non-hydrogen) atoms. The van der Waals surface area contributed by atoms with Crippen molar-refractivity contribution in [3.05, 3.63) is 29.8 Å². The summed E-state index contributed by atoms with van der Waals surface area (Å²) in [6, 6.07) is 11.6. The van der Waals surface area contributed by atoms with Crippen molar-refractivity contribution < 1.29 is 0 Å². The molecule has 1 aliphatic carbocycles. The van der Waals surface area contributed by atoms with Gasteiger partial charge in [0.05, 0.1) is 12.0 Å². The van der Waals surface area contributed by atoms with Gasteiger partial charge in [-0.25, -0.2) is 0 Å². The van der Waals surface area contributed by atoms with E-state index in [0.717, 1.165) is 19.4 Å². The minimum atomic E-state index is 0.242. The monoisotopic (exact) mass is 212 g/mol. The van der Waals surface area contributed by atoms with Crippen molar-refractivity contribution >= 4 is 5.69 Å². The summed E-state index contributed by atoms with van der Waals surface area (Å²) in [5.41, 5.74) is 2.82. The molecule has 1 heterocycles. The number of nitrogens with zero attached hydrogens (tertiary/aromatic N) is 2. The van der Waals surface area contributed by atoms with Crippen LogP contribution in [0.4, 0.5) is 5.69 Å². The number of hydrogen-bond acceptors (Lipinski definition) is 2. The molecule has 0 amide bonds. The lowest BCUT2D eigenvalue weighted by Crippen LogP contribution is -2.36. The summed E-state index contributed by atoms with van der Waals surface area (Å²) in [4.78, 5) is 2.47. The fourth-order valence-corrected chi connectivity index (χ4v) is 3.17. The van der Waals surface area contributed by atoms with E-state index in [2.05, 4.69) is 35.2 Å². The Hall–Kier alpha value is -1.49. The molecule has 0 N–H and O–H groups in total. The third kappa shape index (κ3) is 1.39. The Labute approximate surface area is 96.5 Å². The fourth-order valence-electron chi connectivity index (χ4n) is 3.17. The minimum absolute atomic E-state index is 0.242. The first-order chi connectivity index (χ1) is 7.90. The molecule has 2 aliphatic rings. The number of para-hydroxylation sites is 1. The maximum absolute atomic E-state index is 9.17. The van der Waals surface area contributed by atoms with Gasteiger partial charge in [0.15, 0.2) is 0 Å². The minimum Gasteiger partial charge on any atom is -0.367 e. The summed E-state index contributed by atoms with van der Waals surface area (Å²) < 4.78 is 0. The van der Waals surface area contributed by atoms with Crippen molar-refractivity contribution in [3.8, 4) is 6.07 Å². The van der Waals surface area contributed by atoms with E-state index in [4.69, 9.17) is 5.26 Å². The third-order valence-electron chi connectivity index (χ3n) is 3.97. The summed E-state index contributed by atoms with van der Waals surface area (Å²) in [6.07, 6.45) is 4.62. The van der Waals surface area contributed by atoms with E-state index in [0.29, 0.717) is 6.04 Å². The summed E-state index contributed by atoms with van der Waals surface area (Å²) in [5, 5.41) is 9.17. The lowest BCUT2D eigenvalue weighted by Gasteiger charge is -2.29. The molecule has 0 bridgehead atoms. The van der Waals surface area contributed by atoms with Gasteiger partial charge in [-0.2, -0.15) is 5.26 Å². The summed E-state index contributed by atoms with van der Waals surface area (Å²) in [7, 11) is 0. The SMILES string of the molecule is N#CC1CCCC1N1CCc2ccccc21. The Balaban J connectivity index is 1.90. The zero-order valence-electron chi connectivity index (χ0n) is 9.39. The van der Waals surface area contributed by atoms with Gasteiger partial charge in [-0.15, -0.1) is 0 Å². The van der Waals surface area contributed by atoms with Crippen LogP contribution in [0, 0.1) is 17.2 Å². The number of nitriles is 1.